The lowest BCUT2D eigenvalue weighted by molar-refractivity contribution is 0.0591. The molecule has 1 aliphatic heterocycles. The van der Waals surface area contributed by atoms with Gasteiger partial charge in [-0.25, -0.2) is 0 Å². The van der Waals surface area contributed by atoms with Crippen LogP contribution in [0, 0.1) is 0 Å². The Hall–Kier alpha value is -0.120. The topological polar surface area (TPSA) is 9.72 Å². The summed E-state index contributed by atoms with van der Waals surface area (Å²) in [7, 11) is 2.23. The van der Waals surface area contributed by atoms with E-state index in [0.29, 0.717) is 11.1 Å². The molecule has 1 saturated heterocycles. The standard InChI is InChI=1S/C16H35N3/c1-15(2,3)17(7)9-8-10-18-11-13-19(14-12-18)16(4,5)6/h8-14H2,1-7H3. The van der Waals surface area contributed by atoms with E-state index in [4.69, 9.17) is 0 Å². The maximum atomic E-state index is 2.62. The second-order valence-electron chi connectivity index (χ2n) is 7.95. The van der Waals surface area contributed by atoms with Gasteiger partial charge < -0.3 is 9.80 Å². The molecule has 0 radical (unpaired) electrons. The predicted octanol–water partition coefficient (Wildman–Crippen LogP) is 2.52. The van der Waals surface area contributed by atoms with Crippen molar-refractivity contribution in [2.75, 3.05) is 46.3 Å². The Morgan fingerprint density at radius 1 is 0.895 bits per heavy atom. The fourth-order valence-electron chi connectivity index (χ4n) is 2.51. The van der Waals surface area contributed by atoms with E-state index in [1.54, 1.807) is 0 Å². The molecule has 0 saturated carbocycles. The first-order valence-electron chi connectivity index (χ1n) is 7.79. The first kappa shape index (κ1) is 16.9. The van der Waals surface area contributed by atoms with Crippen molar-refractivity contribution in [1.29, 1.82) is 0 Å². The summed E-state index contributed by atoms with van der Waals surface area (Å²) in [5.41, 5.74) is 0.628. The van der Waals surface area contributed by atoms with Crippen LogP contribution in [-0.2, 0) is 0 Å². The van der Waals surface area contributed by atoms with Crippen LogP contribution in [0.1, 0.15) is 48.0 Å². The van der Waals surface area contributed by atoms with Crippen molar-refractivity contribution in [2.45, 2.75) is 59.0 Å². The van der Waals surface area contributed by atoms with Gasteiger partial charge >= 0.3 is 0 Å². The van der Waals surface area contributed by atoms with Crippen LogP contribution in [-0.4, -0.2) is 72.1 Å². The van der Waals surface area contributed by atoms with Gasteiger partial charge in [-0.1, -0.05) is 0 Å². The lowest BCUT2D eigenvalue weighted by Crippen LogP contribution is -2.53. The maximum absolute atomic E-state index is 2.62. The molecule has 1 heterocycles. The van der Waals surface area contributed by atoms with Crippen molar-refractivity contribution < 1.29 is 0 Å². The van der Waals surface area contributed by atoms with Crippen LogP contribution < -0.4 is 0 Å². The average Bonchev–Trinajstić information content (AvgIpc) is 2.27. The van der Waals surface area contributed by atoms with Crippen LogP contribution in [0.5, 0.6) is 0 Å². The molecule has 19 heavy (non-hydrogen) atoms. The summed E-state index contributed by atoms with van der Waals surface area (Å²) in [5, 5.41) is 0. The van der Waals surface area contributed by atoms with Crippen LogP contribution in [0.3, 0.4) is 0 Å². The van der Waals surface area contributed by atoms with Gasteiger partial charge in [0.15, 0.2) is 0 Å². The molecule has 0 aromatic heterocycles. The zero-order valence-electron chi connectivity index (χ0n) is 14.3. The summed E-state index contributed by atoms with van der Waals surface area (Å²) in [4.78, 5) is 7.68. The van der Waals surface area contributed by atoms with Crippen LogP contribution in [0.25, 0.3) is 0 Å². The van der Waals surface area contributed by atoms with Gasteiger partial charge in [-0.05, 0) is 68.1 Å². The van der Waals surface area contributed by atoms with Crippen molar-refractivity contribution in [2.24, 2.45) is 0 Å². The highest BCUT2D eigenvalue weighted by atomic mass is 15.3. The number of nitrogens with zero attached hydrogens (tertiary/aromatic N) is 3. The zero-order chi connectivity index (χ0) is 14.7. The average molecular weight is 269 g/mol. The van der Waals surface area contributed by atoms with E-state index in [2.05, 4.69) is 63.3 Å². The molecular formula is C16H35N3. The quantitative estimate of drug-likeness (QED) is 0.776. The Kier molecular flexibility index (Phi) is 5.84. The molecule has 1 aliphatic rings. The van der Waals surface area contributed by atoms with Crippen LogP contribution in [0.2, 0.25) is 0 Å². The molecule has 0 aliphatic carbocycles. The van der Waals surface area contributed by atoms with Gasteiger partial charge in [-0.3, -0.25) is 4.90 Å². The zero-order valence-corrected chi connectivity index (χ0v) is 14.3. The van der Waals surface area contributed by atoms with Crippen LogP contribution >= 0.6 is 0 Å². The maximum Gasteiger partial charge on any atom is 0.0126 e. The fourth-order valence-corrected chi connectivity index (χ4v) is 2.51. The second-order valence-corrected chi connectivity index (χ2v) is 7.95. The molecule has 0 atom stereocenters. The molecule has 0 N–H and O–H groups in total. The highest BCUT2D eigenvalue weighted by Crippen LogP contribution is 2.16. The van der Waals surface area contributed by atoms with E-state index in [1.807, 2.05) is 0 Å². The highest BCUT2D eigenvalue weighted by molar-refractivity contribution is 4.82. The van der Waals surface area contributed by atoms with Gasteiger partial charge in [-0.2, -0.15) is 0 Å². The molecule has 0 unspecified atom stereocenters. The molecule has 1 rings (SSSR count). The third kappa shape index (κ3) is 5.80. The molecule has 0 bridgehead atoms. The Bertz CT molecular complexity index is 254. The minimum atomic E-state index is 0.297. The molecule has 0 spiro atoms. The summed E-state index contributed by atoms with van der Waals surface area (Å²) >= 11 is 0. The Labute approximate surface area is 120 Å². The van der Waals surface area contributed by atoms with Gasteiger partial charge in [0.25, 0.3) is 0 Å². The van der Waals surface area contributed by atoms with Crippen molar-refractivity contribution >= 4 is 0 Å². The Morgan fingerprint density at radius 3 is 1.84 bits per heavy atom. The number of hydrogen-bond donors (Lipinski definition) is 0. The predicted molar refractivity (Wildman–Crippen MR) is 84.8 cm³/mol. The number of piperazine rings is 1. The fraction of sp³-hybridized carbons (Fsp3) is 1.00. The summed E-state index contributed by atoms with van der Waals surface area (Å²) in [5.74, 6) is 0. The van der Waals surface area contributed by atoms with Gasteiger partial charge in [-0.15, -0.1) is 0 Å². The van der Waals surface area contributed by atoms with Crippen molar-refractivity contribution in [3.8, 4) is 0 Å². The van der Waals surface area contributed by atoms with Gasteiger partial charge in [0.2, 0.25) is 0 Å². The number of rotatable bonds is 4. The summed E-state index contributed by atoms with van der Waals surface area (Å²) in [6.07, 6.45) is 1.28. The molecule has 1 fully saturated rings. The van der Waals surface area contributed by atoms with Crippen molar-refractivity contribution in [1.82, 2.24) is 14.7 Å². The first-order valence-corrected chi connectivity index (χ1v) is 7.79. The largest absolute Gasteiger partial charge is 0.301 e. The number of hydrogen-bond acceptors (Lipinski definition) is 3. The van der Waals surface area contributed by atoms with Crippen LogP contribution in [0.4, 0.5) is 0 Å². The second kappa shape index (κ2) is 6.55. The smallest absolute Gasteiger partial charge is 0.0126 e. The van der Waals surface area contributed by atoms with E-state index < -0.39 is 0 Å². The highest BCUT2D eigenvalue weighted by Gasteiger charge is 2.25. The van der Waals surface area contributed by atoms with E-state index in [1.165, 1.54) is 45.7 Å². The summed E-state index contributed by atoms with van der Waals surface area (Å²) < 4.78 is 0. The molecule has 114 valence electrons. The minimum absolute atomic E-state index is 0.297. The van der Waals surface area contributed by atoms with Crippen LogP contribution in [0.15, 0.2) is 0 Å². The third-order valence-electron chi connectivity index (χ3n) is 4.43. The SMILES string of the molecule is CN(CCCN1CCN(C(C)(C)C)CC1)C(C)(C)C. The molecule has 3 nitrogen and oxygen atoms in total. The van der Waals surface area contributed by atoms with Gasteiger partial charge in [0, 0.05) is 37.3 Å². The van der Waals surface area contributed by atoms with Gasteiger partial charge in [0.1, 0.15) is 0 Å². The molecule has 0 aromatic rings. The lowest BCUT2D eigenvalue weighted by atomic mass is 10.0. The minimum Gasteiger partial charge on any atom is -0.301 e. The molecule has 0 amide bonds. The monoisotopic (exact) mass is 269 g/mol. The van der Waals surface area contributed by atoms with E-state index in [0.717, 1.165) is 0 Å². The van der Waals surface area contributed by atoms with E-state index in [-0.39, 0.29) is 0 Å². The molecule has 3 heteroatoms. The van der Waals surface area contributed by atoms with Crippen molar-refractivity contribution in [3.05, 3.63) is 0 Å². The van der Waals surface area contributed by atoms with E-state index in [9.17, 15) is 0 Å². The molecule has 0 aromatic carbocycles. The normalized spacial score (nSPS) is 20.2. The van der Waals surface area contributed by atoms with Gasteiger partial charge in [0.05, 0.1) is 0 Å². The summed E-state index contributed by atoms with van der Waals surface area (Å²) in [6.45, 7) is 21.2. The van der Waals surface area contributed by atoms with E-state index >= 15 is 0 Å². The Balaban J connectivity index is 2.20. The first-order chi connectivity index (χ1) is 8.60. The summed E-state index contributed by atoms with van der Waals surface area (Å²) in [6, 6.07) is 0. The third-order valence-corrected chi connectivity index (χ3v) is 4.43. The molecular weight excluding hydrogens is 234 g/mol. The Morgan fingerprint density at radius 2 is 1.42 bits per heavy atom. The van der Waals surface area contributed by atoms with Crippen molar-refractivity contribution in [3.63, 3.8) is 0 Å². The lowest BCUT2D eigenvalue weighted by Gasteiger charge is -2.42.